The molecular weight excluding hydrogens is 385 g/mol. The number of aromatic nitrogens is 3. The molecule has 0 unspecified atom stereocenters. The molecule has 0 radical (unpaired) electrons. The van der Waals surface area contributed by atoms with Crippen molar-refractivity contribution >= 4 is 22.8 Å². The molecule has 0 spiro atoms. The number of aryl methyl sites for hydroxylation is 1. The van der Waals surface area contributed by atoms with E-state index in [1.807, 2.05) is 61.1 Å². The van der Waals surface area contributed by atoms with E-state index in [1.165, 1.54) is 23.9 Å². The molecule has 4 rings (SSSR count). The molecule has 0 N–H and O–H groups in total. The largest absolute Gasteiger partial charge is 0.344 e. The third-order valence-corrected chi connectivity index (χ3v) is 5.88. The molecule has 0 fully saturated rings. The molecule has 0 saturated carbocycles. The van der Waals surface area contributed by atoms with Crippen molar-refractivity contribution in [1.29, 1.82) is 0 Å². The van der Waals surface area contributed by atoms with E-state index in [0.29, 0.717) is 28.5 Å². The van der Waals surface area contributed by atoms with E-state index < -0.39 is 0 Å². The Morgan fingerprint density at radius 1 is 1.10 bits per heavy atom. The molecule has 2 heterocycles. The molecule has 0 amide bonds. The SMILES string of the molecule is CCCn1c(SCc2cccc(F)c2)nc2c(-c3ccccc3)cn(C)c2c1=O. The van der Waals surface area contributed by atoms with Gasteiger partial charge in [0.05, 0.1) is 0 Å². The Morgan fingerprint density at radius 2 is 1.90 bits per heavy atom. The second-order valence-electron chi connectivity index (χ2n) is 6.99. The zero-order chi connectivity index (χ0) is 20.4. The monoisotopic (exact) mass is 407 g/mol. The van der Waals surface area contributed by atoms with Gasteiger partial charge < -0.3 is 4.57 Å². The van der Waals surface area contributed by atoms with Crippen molar-refractivity contribution in [3.8, 4) is 11.1 Å². The van der Waals surface area contributed by atoms with Crippen LogP contribution >= 0.6 is 11.8 Å². The summed E-state index contributed by atoms with van der Waals surface area (Å²) >= 11 is 1.47. The summed E-state index contributed by atoms with van der Waals surface area (Å²) in [6.07, 6.45) is 2.79. The Bertz CT molecular complexity index is 1210. The molecule has 0 bridgehead atoms. The molecule has 148 valence electrons. The number of fused-ring (bicyclic) bond motifs is 1. The average molecular weight is 408 g/mol. The van der Waals surface area contributed by atoms with Crippen molar-refractivity contribution in [1.82, 2.24) is 14.1 Å². The van der Waals surface area contributed by atoms with Crippen LogP contribution in [-0.2, 0) is 19.3 Å². The zero-order valence-corrected chi connectivity index (χ0v) is 17.2. The fourth-order valence-electron chi connectivity index (χ4n) is 3.48. The number of thioether (sulfide) groups is 1. The van der Waals surface area contributed by atoms with Crippen LogP contribution in [0.2, 0.25) is 0 Å². The first-order valence-corrected chi connectivity index (χ1v) is 10.6. The van der Waals surface area contributed by atoms with Crippen LogP contribution in [0.1, 0.15) is 18.9 Å². The Kier molecular flexibility index (Phi) is 5.53. The van der Waals surface area contributed by atoms with Crippen molar-refractivity contribution in [2.75, 3.05) is 0 Å². The maximum atomic E-state index is 13.5. The summed E-state index contributed by atoms with van der Waals surface area (Å²) in [6.45, 7) is 2.64. The minimum atomic E-state index is -0.258. The molecule has 2 aromatic carbocycles. The number of benzene rings is 2. The molecule has 2 aromatic heterocycles. The number of nitrogens with zero attached hydrogens (tertiary/aromatic N) is 3. The van der Waals surface area contributed by atoms with E-state index in [0.717, 1.165) is 23.1 Å². The highest BCUT2D eigenvalue weighted by Crippen LogP contribution is 2.30. The normalized spacial score (nSPS) is 11.3. The predicted octanol–water partition coefficient (Wildman–Crippen LogP) is 5.24. The highest BCUT2D eigenvalue weighted by Gasteiger charge is 2.18. The third-order valence-electron chi connectivity index (χ3n) is 4.83. The van der Waals surface area contributed by atoms with Crippen LogP contribution in [0.25, 0.3) is 22.2 Å². The van der Waals surface area contributed by atoms with E-state index in [2.05, 4.69) is 0 Å². The van der Waals surface area contributed by atoms with Gasteiger partial charge in [0.1, 0.15) is 16.9 Å². The molecule has 4 aromatic rings. The fourth-order valence-corrected chi connectivity index (χ4v) is 4.45. The van der Waals surface area contributed by atoms with E-state index in [4.69, 9.17) is 4.98 Å². The van der Waals surface area contributed by atoms with Crippen LogP contribution in [0, 0.1) is 5.82 Å². The van der Waals surface area contributed by atoms with Crippen LogP contribution in [0.4, 0.5) is 4.39 Å². The number of hydrogen-bond acceptors (Lipinski definition) is 3. The minimum absolute atomic E-state index is 0.0386. The average Bonchev–Trinajstić information content (AvgIpc) is 3.06. The smallest absolute Gasteiger partial charge is 0.278 e. The van der Waals surface area contributed by atoms with E-state index in [1.54, 1.807) is 10.6 Å². The summed E-state index contributed by atoms with van der Waals surface area (Å²) < 4.78 is 17.1. The second kappa shape index (κ2) is 8.25. The summed E-state index contributed by atoms with van der Waals surface area (Å²) in [6, 6.07) is 16.5. The zero-order valence-electron chi connectivity index (χ0n) is 16.4. The Balaban J connectivity index is 1.84. The van der Waals surface area contributed by atoms with Gasteiger partial charge in [0.15, 0.2) is 5.16 Å². The molecule has 0 aliphatic carbocycles. The lowest BCUT2D eigenvalue weighted by Crippen LogP contribution is -2.24. The quantitative estimate of drug-likeness (QED) is 0.324. The lowest BCUT2D eigenvalue weighted by atomic mass is 10.1. The summed E-state index contributed by atoms with van der Waals surface area (Å²) in [7, 11) is 1.88. The summed E-state index contributed by atoms with van der Waals surface area (Å²) in [5.74, 6) is 0.291. The van der Waals surface area contributed by atoms with Gasteiger partial charge in [-0.3, -0.25) is 9.36 Å². The first kappa shape index (κ1) is 19.5. The van der Waals surface area contributed by atoms with Crippen molar-refractivity contribution in [2.24, 2.45) is 7.05 Å². The second-order valence-corrected chi connectivity index (χ2v) is 7.93. The van der Waals surface area contributed by atoms with Gasteiger partial charge in [0, 0.05) is 31.1 Å². The summed E-state index contributed by atoms with van der Waals surface area (Å²) in [4.78, 5) is 18.2. The molecule has 0 aliphatic heterocycles. The Morgan fingerprint density at radius 3 is 2.62 bits per heavy atom. The van der Waals surface area contributed by atoms with Crippen LogP contribution in [-0.4, -0.2) is 14.1 Å². The first-order chi connectivity index (χ1) is 14.1. The standard InChI is InChI=1S/C23H22FN3OS/c1-3-12-27-22(28)21-20(19(14-26(21)2)17-9-5-4-6-10-17)25-23(27)29-15-16-8-7-11-18(24)13-16/h4-11,13-14H,3,12,15H2,1-2H3. The lowest BCUT2D eigenvalue weighted by Gasteiger charge is -2.12. The van der Waals surface area contributed by atoms with Crippen LogP contribution in [0.15, 0.2) is 70.7 Å². The van der Waals surface area contributed by atoms with Crippen molar-refractivity contribution in [3.05, 3.63) is 82.5 Å². The van der Waals surface area contributed by atoms with Crippen LogP contribution < -0.4 is 5.56 Å². The van der Waals surface area contributed by atoms with Gasteiger partial charge in [-0.2, -0.15) is 0 Å². The van der Waals surface area contributed by atoms with Gasteiger partial charge in [0.2, 0.25) is 0 Å². The van der Waals surface area contributed by atoms with Crippen molar-refractivity contribution < 1.29 is 4.39 Å². The predicted molar refractivity (Wildman–Crippen MR) is 117 cm³/mol. The first-order valence-electron chi connectivity index (χ1n) is 9.61. The maximum Gasteiger partial charge on any atom is 0.278 e. The maximum absolute atomic E-state index is 13.5. The van der Waals surface area contributed by atoms with Gasteiger partial charge in [-0.15, -0.1) is 0 Å². The molecule has 0 aliphatic rings. The molecule has 29 heavy (non-hydrogen) atoms. The van der Waals surface area contributed by atoms with E-state index in [-0.39, 0.29) is 11.4 Å². The van der Waals surface area contributed by atoms with Gasteiger partial charge in [0.25, 0.3) is 5.56 Å². The summed E-state index contributed by atoms with van der Waals surface area (Å²) in [5, 5.41) is 0.664. The van der Waals surface area contributed by atoms with E-state index in [9.17, 15) is 9.18 Å². The van der Waals surface area contributed by atoms with Crippen molar-refractivity contribution in [2.45, 2.75) is 30.8 Å². The number of halogens is 1. The van der Waals surface area contributed by atoms with Gasteiger partial charge in [-0.25, -0.2) is 9.37 Å². The third kappa shape index (κ3) is 3.85. The topological polar surface area (TPSA) is 39.8 Å². The Hall–Kier alpha value is -2.86. The van der Waals surface area contributed by atoms with Gasteiger partial charge in [-0.05, 0) is 29.7 Å². The van der Waals surface area contributed by atoms with E-state index >= 15 is 0 Å². The minimum Gasteiger partial charge on any atom is -0.344 e. The fraction of sp³-hybridized carbons (Fsp3) is 0.217. The molecule has 0 saturated heterocycles. The molecular formula is C23H22FN3OS. The lowest BCUT2D eigenvalue weighted by molar-refractivity contribution is 0.582. The van der Waals surface area contributed by atoms with Gasteiger partial charge in [-0.1, -0.05) is 61.2 Å². The van der Waals surface area contributed by atoms with Crippen LogP contribution in [0.5, 0.6) is 0 Å². The van der Waals surface area contributed by atoms with Gasteiger partial charge >= 0.3 is 0 Å². The number of hydrogen-bond donors (Lipinski definition) is 0. The molecule has 6 heteroatoms. The molecule has 4 nitrogen and oxygen atoms in total. The van der Waals surface area contributed by atoms with Crippen LogP contribution in [0.3, 0.4) is 0 Å². The van der Waals surface area contributed by atoms with Crippen molar-refractivity contribution in [3.63, 3.8) is 0 Å². The molecule has 0 atom stereocenters. The summed E-state index contributed by atoms with van der Waals surface area (Å²) in [5.41, 5.74) is 4.10. The highest BCUT2D eigenvalue weighted by molar-refractivity contribution is 7.98. The highest BCUT2D eigenvalue weighted by atomic mass is 32.2. The Labute approximate surface area is 173 Å². The number of rotatable bonds is 6.